The number of thiophene rings is 1. The second-order valence-electron chi connectivity index (χ2n) is 10.1. The second kappa shape index (κ2) is 14.2. The van der Waals surface area contributed by atoms with E-state index in [4.69, 9.17) is 4.74 Å². The lowest BCUT2D eigenvalue weighted by atomic mass is 10.0. The molecule has 4 N–H and O–H groups in total. The van der Waals surface area contributed by atoms with Gasteiger partial charge in [0.25, 0.3) is 0 Å². The minimum Gasteiger partial charge on any atom is -0.633 e. The lowest BCUT2D eigenvalue weighted by Crippen LogP contribution is -2.36. The van der Waals surface area contributed by atoms with Gasteiger partial charge < -0.3 is 25.0 Å². The normalized spacial score (nSPS) is 11.1. The van der Waals surface area contributed by atoms with Crippen molar-refractivity contribution < 1.29 is 42.5 Å². The van der Waals surface area contributed by atoms with E-state index in [1.165, 1.54) is 52.6 Å². The number of rotatable bonds is 11. The Morgan fingerprint density at radius 1 is 0.978 bits per heavy atom. The smallest absolute Gasteiger partial charge is 0.343 e. The molecule has 4 aromatic rings. The van der Waals surface area contributed by atoms with Crippen molar-refractivity contribution in [2.45, 2.75) is 13.1 Å². The number of aromatic nitrogens is 2. The number of urea groups is 2. The van der Waals surface area contributed by atoms with Crippen LogP contribution < -0.4 is 25.8 Å². The summed E-state index contributed by atoms with van der Waals surface area (Å²) in [5.41, 5.74) is 2.10. The lowest BCUT2D eigenvalue weighted by Gasteiger charge is -2.34. The highest BCUT2D eigenvalue weighted by molar-refractivity contribution is 7.20. The van der Waals surface area contributed by atoms with Gasteiger partial charge in [0.15, 0.2) is 5.82 Å². The van der Waals surface area contributed by atoms with Gasteiger partial charge in [-0.25, -0.2) is 28.6 Å². The molecule has 0 radical (unpaired) electrons. The molecule has 2 aromatic heterocycles. The van der Waals surface area contributed by atoms with Crippen molar-refractivity contribution in [3.8, 4) is 16.3 Å². The first-order valence-corrected chi connectivity index (χ1v) is 14.2. The first-order chi connectivity index (χ1) is 21.8. The van der Waals surface area contributed by atoms with E-state index >= 15 is 0 Å². The van der Waals surface area contributed by atoms with Crippen molar-refractivity contribution in [2.75, 3.05) is 43.8 Å². The fourth-order valence-electron chi connectivity index (χ4n) is 4.33. The van der Waals surface area contributed by atoms with Gasteiger partial charge in [-0.15, -0.1) is 21.5 Å². The summed E-state index contributed by atoms with van der Waals surface area (Å²) < 4.78 is 33.8. The van der Waals surface area contributed by atoms with Gasteiger partial charge in [0.1, 0.15) is 28.7 Å². The van der Waals surface area contributed by atoms with Crippen molar-refractivity contribution in [1.29, 1.82) is 0 Å². The summed E-state index contributed by atoms with van der Waals surface area (Å²) in [7, 11) is 5.27. The van der Waals surface area contributed by atoms with Crippen molar-refractivity contribution in [1.82, 2.24) is 15.7 Å². The van der Waals surface area contributed by atoms with E-state index in [2.05, 4.69) is 31.1 Å². The van der Waals surface area contributed by atoms with Gasteiger partial charge in [-0.3, -0.25) is 15.1 Å². The minimum atomic E-state index is -1.48. The largest absolute Gasteiger partial charge is 0.633 e. The Balaban J connectivity index is 1.88. The van der Waals surface area contributed by atoms with E-state index < -0.39 is 52.0 Å². The predicted molar refractivity (Wildman–Crippen MR) is 165 cm³/mol. The Kier molecular flexibility index (Phi) is 10.4. The number of carbonyl (C=O) groups excluding carboxylic acids is 2. The maximum atomic E-state index is 14.9. The minimum absolute atomic E-state index is 0.0587. The third-order valence-electron chi connectivity index (χ3n) is 6.29. The van der Waals surface area contributed by atoms with Crippen molar-refractivity contribution in [3.05, 3.63) is 88.1 Å². The molecule has 0 spiro atoms. The Morgan fingerprint density at radius 3 is 2.20 bits per heavy atom. The van der Waals surface area contributed by atoms with Crippen LogP contribution >= 0.6 is 11.3 Å². The number of hydrogen-bond donors (Lipinski definition) is 4. The first kappa shape index (κ1) is 33.7. The number of halogens is 2. The number of carboxylic acid groups (broad SMARTS) is 1. The van der Waals surface area contributed by atoms with Crippen LogP contribution in [0.4, 0.5) is 34.9 Å². The summed E-state index contributed by atoms with van der Waals surface area (Å²) in [5.74, 6) is -3.31. The maximum absolute atomic E-state index is 14.9. The Hall–Kier alpha value is -5.23. The number of carbonyl (C=O) groups is 3. The molecule has 4 rings (SSSR count). The van der Waals surface area contributed by atoms with E-state index in [1.807, 2.05) is 0 Å². The summed E-state index contributed by atoms with van der Waals surface area (Å²) in [6, 6.07) is 10.5. The van der Waals surface area contributed by atoms with Crippen LogP contribution in [0.1, 0.15) is 21.5 Å². The van der Waals surface area contributed by atoms with Crippen LogP contribution in [0.15, 0.2) is 54.6 Å². The zero-order valence-electron chi connectivity index (χ0n) is 25.0. The molecule has 14 nitrogen and oxygen atoms in total. The number of methoxy groups -OCH3 is 1. The number of amides is 4. The third-order valence-corrected chi connectivity index (χ3v) is 7.60. The Labute approximate surface area is 265 Å². The molecule has 242 valence electrons. The van der Waals surface area contributed by atoms with Gasteiger partial charge in [-0.2, -0.15) is 0 Å². The van der Waals surface area contributed by atoms with Crippen molar-refractivity contribution >= 4 is 45.9 Å². The van der Waals surface area contributed by atoms with Crippen LogP contribution in [-0.4, -0.2) is 66.3 Å². The van der Waals surface area contributed by atoms with Crippen LogP contribution in [0, 0.1) is 16.8 Å². The molecule has 0 unspecified atom stereocenters. The standard InChI is InChI=1S/C29H29F2N7O7S/c1-38(2,43)15-19-24(27(39)40)26(46-25(19)16-8-10-17(11-9-16)32-28(41)36-45-4)37(14-18-20(30)6-5-7-21(18)31)29(42)33-22-12-13-23(44-3)35-34-22/h5-13H,14-15H2,1-4H3,(H,39,40)(H2,32,36,41)(H,33,34,42). The Bertz CT molecular complexity index is 1710. The number of hydroxylamine groups is 4. The van der Waals surface area contributed by atoms with Crippen molar-refractivity contribution in [3.63, 3.8) is 0 Å². The van der Waals surface area contributed by atoms with Gasteiger partial charge >= 0.3 is 18.0 Å². The molecular weight excluding hydrogens is 628 g/mol. The number of nitrogens with one attached hydrogen (secondary N) is 3. The van der Waals surface area contributed by atoms with E-state index in [9.17, 15) is 33.5 Å². The zero-order valence-corrected chi connectivity index (χ0v) is 25.8. The van der Waals surface area contributed by atoms with Crippen LogP contribution in [0.2, 0.25) is 0 Å². The summed E-state index contributed by atoms with van der Waals surface area (Å²) in [4.78, 5) is 44.2. The molecule has 46 heavy (non-hydrogen) atoms. The average Bonchev–Trinajstić information content (AvgIpc) is 3.35. The van der Waals surface area contributed by atoms with Crippen LogP contribution in [0.3, 0.4) is 0 Å². The third kappa shape index (κ3) is 8.07. The predicted octanol–water partition coefficient (Wildman–Crippen LogP) is 5.19. The lowest BCUT2D eigenvalue weighted by molar-refractivity contribution is -0.853. The molecular formula is C29H29F2N7O7S. The van der Waals surface area contributed by atoms with Gasteiger partial charge in [-0.05, 0) is 35.9 Å². The highest BCUT2D eigenvalue weighted by Crippen LogP contribution is 2.44. The molecule has 0 atom stereocenters. The molecule has 2 heterocycles. The highest BCUT2D eigenvalue weighted by atomic mass is 32.1. The van der Waals surface area contributed by atoms with Gasteiger partial charge in [0, 0.05) is 27.8 Å². The molecule has 0 aliphatic carbocycles. The quantitative estimate of drug-likeness (QED) is 0.125. The fourth-order valence-corrected chi connectivity index (χ4v) is 5.64. The van der Waals surface area contributed by atoms with E-state index in [0.29, 0.717) is 16.1 Å². The van der Waals surface area contributed by atoms with Gasteiger partial charge in [-0.1, -0.05) is 18.2 Å². The molecule has 2 aromatic carbocycles. The number of benzene rings is 2. The molecule has 0 aliphatic rings. The molecule has 0 aliphatic heterocycles. The molecule has 0 fully saturated rings. The topological polar surface area (TPSA) is 178 Å². The number of hydrogen-bond acceptors (Lipinski definition) is 9. The van der Waals surface area contributed by atoms with Crippen molar-refractivity contribution in [2.24, 2.45) is 0 Å². The van der Waals surface area contributed by atoms with Gasteiger partial charge in [0.2, 0.25) is 5.88 Å². The maximum Gasteiger partial charge on any atom is 0.343 e. The monoisotopic (exact) mass is 657 g/mol. The average molecular weight is 658 g/mol. The van der Waals surface area contributed by atoms with Crippen LogP contribution in [-0.2, 0) is 17.9 Å². The van der Waals surface area contributed by atoms with Crippen LogP contribution in [0.25, 0.3) is 10.4 Å². The number of carboxylic acids is 1. The van der Waals surface area contributed by atoms with E-state index in [-0.39, 0.29) is 28.8 Å². The van der Waals surface area contributed by atoms with Gasteiger partial charge in [0.05, 0.1) is 34.9 Å². The molecule has 4 amide bonds. The fraction of sp³-hybridized carbons (Fsp3) is 0.207. The first-order valence-electron chi connectivity index (χ1n) is 13.3. The summed E-state index contributed by atoms with van der Waals surface area (Å²) in [6.07, 6.45) is 0. The Morgan fingerprint density at radius 2 is 1.65 bits per heavy atom. The number of aromatic carboxylic acids is 1. The summed E-state index contributed by atoms with van der Waals surface area (Å²) in [6.45, 7) is -1.06. The number of nitrogens with zero attached hydrogens (tertiary/aromatic N) is 4. The summed E-state index contributed by atoms with van der Waals surface area (Å²) in [5, 5.41) is 35.8. The second-order valence-corrected chi connectivity index (χ2v) is 11.1. The zero-order chi connectivity index (χ0) is 33.6. The molecule has 0 saturated carbocycles. The van der Waals surface area contributed by atoms with E-state index in [1.54, 1.807) is 12.1 Å². The molecule has 0 saturated heterocycles. The number of anilines is 3. The number of quaternary nitrogens is 1. The van der Waals surface area contributed by atoms with Crippen LogP contribution in [0.5, 0.6) is 5.88 Å². The molecule has 0 bridgehead atoms. The van der Waals surface area contributed by atoms with E-state index in [0.717, 1.165) is 34.4 Å². The molecule has 17 heteroatoms. The summed E-state index contributed by atoms with van der Waals surface area (Å²) >= 11 is 0.835. The number of ether oxygens (including phenoxy) is 1. The highest BCUT2D eigenvalue weighted by Gasteiger charge is 2.33. The SMILES string of the molecule is CONC(=O)Nc1ccc(-c2sc(N(Cc3c(F)cccc3F)C(=O)Nc3ccc(OC)nn3)c(C(=O)O)c2C[N+](C)(C)[O-])cc1.